The van der Waals surface area contributed by atoms with Gasteiger partial charge in [0.25, 0.3) is 0 Å². The van der Waals surface area contributed by atoms with Crippen LogP contribution in [0.2, 0.25) is 0 Å². The minimum atomic E-state index is -4.43. The predicted molar refractivity (Wildman–Crippen MR) is 111 cm³/mol. The van der Waals surface area contributed by atoms with Crippen LogP contribution in [-0.2, 0) is 10.1 Å². The third kappa shape index (κ3) is 4.49. The Morgan fingerprint density at radius 3 is 1.04 bits per heavy atom. The van der Waals surface area contributed by atoms with Crippen molar-refractivity contribution < 1.29 is 4.52 Å². The van der Waals surface area contributed by atoms with Gasteiger partial charge in [0.15, 0.2) is 0 Å². The maximum atomic E-state index is 6.23. The third-order valence-electron chi connectivity index (χ3n) is 3.82. The Hall–Kier alpha value is -0.790. The van der Waals surface area contributed by atoms with Gasteiger partial charge in [0.1, 0.15) is 0 Å². The Morgan fingerprint density at radius 2 is 0.800 bits per heavy atom. The Morgan fingerprint density at radius 1 is 0.520 bits per heavy atom. The molecule has 0 spiro atoms. The van der Waals surface area contributed by atoms with Gasteiger partial charge in [-0.15, -0.1) is 0 Å². The molecule has 6 heteroatoms. The molecular weight excluding hydrogens is 417 g/mol. The number of hydrogen-bond acceptors (Lipinski definition) is 1. The van der Waals surface area contributed by atoms with E-state index in [1.807, 2.05) is 91.0 Å². The molecule has 1 nitrogen and oxygen atoms in total. The zero-order chi connectivity index (χ0) is 18.0. The molecule has 0 fully saturated rings. The zero-order valence-corrected chi connectivity index (χ0v) is 16.9. The Balaban J connectivity index is 2.36. The summed E-state index contributed by atoms with van der Waals surface area (Å²) < 4.78 is 1.73. The minimum absolute atomic E-state index is 0.823. The van der Waals surface area contributed by atoms with Crippen LogP contribution in [0.25, 0.3) is 0 Å². The molecule has 3 aromatic rings. The van der Waals surface area contributed by atoms with Crippen molar-refractivity contribution in [3.8, 4) is 0 Å². The van der Waals surface area contributed by atoms with E-state index in [0.717, 1.165) is 16.7 Å². The third-order valence-corrected chi connectivity index (χ3v) is 5.19. The average molecular weight is 432 g/mol. The van der Waals surface area contributed by atoms with Gasteiger partial charge in [0.05, 0.1) is 0 Å². The molecule has 0 N–H and O–H groups in total. The van der Waals surface area contributed by atoms with E-state index in [-0.39, 0.29) is 0 Å². The van der Waals surface area contributed by atoms with E-state index < -0.39 is 9.84 Å². The summed E-state index contributed by atoms with van der Waals surface area (Å²) in [7, 11) is 0. The number of rotatable bonds is 5. The van der Waals surface area contributed by atoms with E-state index in [1.54, 1.807) is 0 Å². The van der Waals surface area contributed by atoms with Crippen LogP contribution in [0.15, 0.2) is 91.0 Å². The van der Waals surface area contributed by atoms with Gasteiger partial charge in [-0.2, -0.15) is 0 Å². The fourth-order valence-electron chi connectivity index (χ4n) is 2.88. The topological polar surface area (TPSA) is 9.23 Å². The fraction of sp³-hybridized carbons (Fsp3) is 0.0526. The van der Waals surface area contributed by atoms with E-state index >= 15 is 0 Å². The number of hydrogen-bond donors (Lipinski definition) is 0. The molecule has 0 unspecified atom stereocenters. The first-order valence-electron chi connectivity index (χ1n) is 7.54. The van der Waals surface area contributed by atoms with Crippen molar-refractivity contribution in [2.75, 3.05) is 0 Å². The zero-order valence-electron chi connectivity index (χ0n) is 13.0. The number of benzene rings is 3. The van der Waals surface area contributed by atoms with Crippen molar-refractivity contribution >= 4 is 49.2 Å². The van der Waals surface area contributed by atoms with Gasteiger partial charge in [-0.25, -0.2) is 0 Å². The summed E-state index contributed by atoms with van der Waals surface area (Å²) in [5.41, 5.74) is 1.33. The van der Waals surface area contributed by atoms with Gasteiger partial charge >= 0.3 is 167 Å². The van der Waals surface area contributed by atoms with Gasteiger partial charge in [-0.05, 0) is 0 Å². The van der Waals surface area contributed by atoms with E-state index in [0.29, 0.717) is 0 Å². The van der Waals surface area contributed by atoms with Crippen LogP contribution in [0.5, 0.6) is 0 Å². The Kier molecular flexibility index (Phi) is 5.38. The number of halogens is 4. The van der Waals surface area contributed by atoms with Gasteiger partial charge in [0.2, 0.25) is 0 Å². The van der Waals surface area contributed by atoms with Gasteiger partial charge in [0, 0.05) is 0 Å². The van der Waals surface area contributed by atoms with Crippen LogP contribution in [0.4, 0.5) is 0 Å². The molecule has 3 rings (SSSR count). The van der Waals surface area contributed by atoms with Crippen molar-refractivity contribution in [2.24, 2.45) is 0 Å². The second-order valence-corrected chi connectivity index (χ2v) is 17.9. The second kappa shape index (κ2) is 7.08. The van der Waals surface area contributed by atoms with Gasteiger partial charge < -0.3 is 0 Å². The second-order valence-electron chi connectivity index (χ2n) is 5.53. The molecule has 0 amide bonds. The molecule has 130 valence electrons. The Bertz CT molecular complexity index is 727. The SMILES string of the molecule is ClP(Cl)(Cl)(Cl)OC(c1ccccc1)(c1ccccc1)c1ccccc1. The summed E-state index contributed by atoms with van der Waals surface area (Å²) in [5, 5.41) is 0. The summed E-state index contributed by atoms with van der Waals surface area (Å²) in [6.45, 7) is 0. The summed E-state index contributed by atoms with van der Waals surface area (Å²) in [4.78, 5) is 0. The molecule has 0 atom stereocenters. The van der Waals surface area contributed by atoms with E-state index in [2.05, 4.69) is 0 Å². The van der Waals surface area contributed by atoms with E-state index in [9.17, 15) is 0 Å². The molecule has 0 aromatic heterocycles. The maximum absolute atomic E-state index is 6.23. The molecule has 0 aliphatic heterocycles. The molecule has 25 heavy (non-hydrogen) atoms. The van der Waals surface area contributed by atoms with Gasteiger partial charge in [-0.3, -0.25) is 0 Å². The summed E-state index contributed by atoms with van der Waals surface area (Å²) in [5.74, 6) is 0. The standard InChI is InChI=1S/C19H15Cl4OP/c20-25(21,22,23)24-19(16-10-4-1-5-11-16,17-12-6-2-7-13-17)18-14-8-3-9-15-18/h1-15H. The molecule has 0 heterocycles. The quantitative estimate of drug-likeness (QED) is 0.293. The molecule has 0 aliphatic carbocycles. The summed E-state index contributed by atoms with van der Waals surface area (Å²) >= 11 is 24.9. The Labute approximate surface area is 166 Å². The monoisotopic (exact) mass is 430 g/mol. The van der Waals surface area contributed by atoms with Crippen molar-refractivity contribution in [1.29, 1.82) is 0 Å². The summed E-state index contributed by atoms with van der Waals surface area (Å²) in [6, 6.07) is 28.9. The van der Waals surface area contributed by atoms with Crippen LogP contribution in [-0.4, -0.2) is 0 Å². The van der Waals surface area contributed by atoms with Crippen LogP contribution < -0.4 is 0 Å². The van der Waals surface area contributed by atoms with Crippen molar-refractivity contribution in [3.63, 3.8) is 0 Å². The summed E-state index contributed by atoms with van der Waals surface area (Å²) in [6.07, 6.45) is 0. The van der Waals surface area contributed by atoms with Crippen LogP contribution >= 0.6 is 49.2 Å². The normalized spacial score (nSPS) is 13.8. The first-order chi connectivity index (χ1) is 11.8. The molecule has 0 radical (unpaired) electrons. The van der Waals surface area contributed by atoms with Crippen molar-refractivity contribution in [2.45, 2.75) is 5.60 Å². The first-order valence-corrected chi connectivity index (χ1v) is 13.3. The molecule has 0 saturated heterocycles. The van der Waals surface area contributed by atoms with Crippen LogP contribution in [0.3, 0.4) is 0 Å². The molecular formula is C19H15Cl4OP. The van der Waals surface area contributed by atoms with Crippen LogP contribution in [0.1, 0.15) is 16.7 Å². The molecule has 0 saturated carbocycles. The molecule has 0 bridgehead atoms. The van der Waals surface area contributed by atoms with Crippen molar-refractivity contribution in [1.82, 2.24) is 0 Å². The fourth-order valence-corrected chi connectivity index (χ4v) is 4.86. The van der Waals surface area contributed by atoms with E-state index in [4.69, 9.17) is 49.5 Å². The van der Waals surface area contributed by atoms with E-state index in [1.165, 1.54) is 0 Å². The van der Waals surface area contributed by atoms with Crippen molar-refractivity contribution in [3.05, 3.63) is 108 Å². The molecule has 3 aromatic carbocycles. The first kappa shape index (κ1) is 19.0. The predicted octanol–water partition coefficient (Wildman–Crippen LogP) is 8.08. The van der Waals surface area contributed by atoms with Gasteiger partial charge in [-0.1, -0.05) is 0 Å². The molecule has 0 aliphatic rings. The average Bonchev–Trinajstić information content (AvgIpc) is 2.61. The van der Waals surface area contributed by atoms with Crippen LogP contribution in [0, 0.1) is 0 Å².